The molecule has 0 aliphatic rings. The monoisotopic (exact) mass is 635 g/mol. The van der Waals surface area contributed by atoms with Crippen molar-refractivity contribution in [2.24, 2.45) is 11.8 Å². The quantitative estimate of drug-likeness (QED) is 0.0930. The average molecular weight is 636 g/mol. The zero-order valence-electron chi connectivity index (χ0n) is 27.2. The van der Waals surface area contributed by atoms with Gasteiger partial charge < -0.3 is 13.9 Å². The fraction of sp³-hybridized carbons (Fsp3) is 0.351. The Kier molecular flexibility index (Phi) is 10.8. The summed E-state index contributed by atoms with van der Waals surface area (Å²) in [5.74, 6) is -2.71. The Morgan fingerprint density at radius 2 is 1.57 bits per heavy atom. The summed E-state index contributed by atoms with van der Waals surface area (Å²) < 4.78 is 60.4. The lowest BCUT2D eigenvalue weighted by molar-refractivity contribution is -0.154. The number of ether oxygens (including phenoxy) is 2. The number of carbonyl (C=O) groups is 1. The Bertz CT molecular complexity index is 1780. The Balaban J connectivity index is 1.87. The lowest BCUT2D eigenvalue weighted by Crippen LogP contribution is -2.31. The highest BCUT2D eigenvalue weighted by Gasteiger charge is 2.41. The van der Waals surface area contributed by atoms with E-state index in [9.17, 15) is 22.8 Å². The van der Waals surface area contributed by atoms with Crippen molar-refractivity contribution >= 4 is 23.0 Å². The van der Waals surface area contributed by atoms with Crippen LogP contribution in [0.4, 0.5) is 13.2 Å². The van der Waals surface area contributed by atoms with Crippen LogP contribution in [0.25, 0.3) is 17.0 Å². The molecule has 0 amide bonds. The third kappa shape index (κ3) is 8.66. The molecule has 4 rings (SSSR count). The van der Waals surface area contributed by atoms with Crippen LogP contribution in [0.2, 0.25) is 0 Å². The average Bonchev–Trinajstić information content (AvgIpc) is 2.96. The molecule has 3 aromatic carbocycles. The van der Waals surface area contributed by atoms with E-state index in [0.717, 1.165) is 22.3 Å². The molecule has 0 spiro atoms. The molecule has 0 saturated heterocycles. The van der Waals surface area contributed by atoms with Gasteiger partial charge in [-0.1, -0.05) is 63.6 Å². The molecule has 244 valence electrons. The van der Waals surface area contributed by atoms with Gasteiger partial charge in [0.05, 0.1) is 10.9 Å². The van der Waals surface area contributed by atoms with Crippen LogP contribution in [0, 0.1) is 32.6 Å². The predicted molar refractivity (Wildman–Crippen MR) is 174 cm³/mol. The van der Waals surface area contributed by atoms with Crippen molar-refractivity contribution < 1.29 is 31.9 Å². The van der Waals surface area contributed by atoms with Crippen LogP contribution in [-0.2, 0) is 17.5 Å². The predicted octanol–water partition coefficient (Wildman–Crippen LogP) is 9.26. The van der Waals surface area contributed by atoms with Crippen molar-refractivity contribution in [1.82, 2.24) is 4.90 Å². The molecule has 0 unspecified atom stereocenters. The first-order valence-electron chi connectivity index (χ1n) is 15.3. The molecule has 9 heteroatoms. The molecule has 4 aromatic rings. The van der Waals surface area contributed by atoms with E-state index in [2.05, 4.69) is 4.90 Å². The molecular formula is C37H40F3NO5. The number of halogens is 3. The summed E-state index contributed by atoms with van der Waals surface area (Å²) in [5, 5.41) is -0.120. The molecule has 0 saturated carbocycles. The number of hydrogen-bond donors (Lipinski definition) is 0. The van der Waals surface area contributed by atoms with Crippen LogP contribution in [0.5, 0.6) is 17.2 Å². The fourth-order valence-corrected chi connectivity index (χ4v) is 5.14. The molecule has 6 nitrogen and oxygen atoms in total. The molecule has 1 heterocycles. The normalized spacial score (nSPS) is 12.2. The summed E-state index contributed by atoms with van der Waals surface area (Å²) in [6.07, 6.45) is -2.22. The number of alkyl halides is 3. The van der Waals surface area contributed by atoms with Gasteiger partial charge in [-0.2, -0.15) is 13.2 Å². The van der Waals surface area contributed by atoms with Gasteiger partial charge in [-0.15, -0.1) is 0 Å². The second kappa shape index (κ2) is 14.4. The summed E-state index contributed by atoms with van der Waals surface area (Å²) in [4.78, 5) is 28.8. The van der Waals surface area contributed by atoms with E-state index in [0.29, 0.717) is 13.1 Å². The summed E-state index contributed by atoms with van der Waals surface area (Å²) in [5.41, 5.74) is 2.42. The van der Waals surface area contributed by atoms with E-state index in [4.69, 9.17) is 13.9 Å². The molecule has 0 fully saturated rings. The standard InChI is InChI=1S/C37H40F3NO5/c1-22(2)19-41(20-23(3)4)21-30-31(45-32(42)17-13-27-11-8-24(5)9-12-27)16-15-29-33(43)35(36(37(38,39)40)46-34(29)30)44-28-14-10-25(6)26(7)18-28/h8-18,22-23H,19-21H2,1-7H3. The Labute approximate surface area is 267 Å². The fourth-order valence-electron chi connectivity index (χ4n) is 5.14. The van der Waals surface area contributed by atoms with Crippen LogP contribution in [-0.4, -0.2) is 24.0 Å². The number of aryl methyl sites for hydroxylation is 3. The van der Waals surface area contributed by atoms with Crippen molar-refractivity contribution in [3.05, 3.63) is 104 Å². The second-order valence-electron chi connectivity index (χ2n) is 12.5. The maximum atomic E-state index is 14.5. The number of hydrogen-bond acceptors (Lipinski definition) is 6. The van der Waals surface area contributed by atoms with Crippen LogP contribution in [0.15, 0.2) is 69.9 Å². The topological polar surface area (TPSA) is 69.0 Å². The number of benzene rings is 3. The minimum Gasteiger partial charge on any atom is -0.449 e. The number of nitrogens with zero attached hydrogens (tertiary/aromatic N) is 1. The number of esters is 1. The van der Waals surface area contributed by atoms with Crippen molar-refractivity contribution in [3.8, 4) is 17.2 Å². The molecule has 0 N–H and O–H groups in total. The molecule has 0 aliphatic carbocycles. The van der Waals surface area contributed by atoms with E-state index in [1.165, 1.54) is 24.3 Å². The van der Waals surface area contributed by atoms with Crippen molar-refractivity contribution in [3.63, 3.8) is 0 Å². The van der Waals surface area contributed by atoms with Crippen LogP contribution in [0.3, 0.4) is 0 Å². The molecule has 0 radical (unpaired) electrons. The Morgan fingerprint density at radius 3 is 2.15 bits per heavy atom. The maximum absolute atomic E-state index is 14.5. The molecule has 46 heavy (non-hydrogen) atoms. The highest BCUT2D eigenvalue weighted by molar-refractivity contribution is 5.90. The van der Waals surface area contributed by atoms with Gasteiger partial charge >= 0.3 is 12.1 Å². The highest BCUT2D eigenvalue weighted by Crippen LogP contribution is 2.40. The smallest absolute Gasteiger partial charge is 0.449 e. The van der Waals surface area contributed by atoms with Gasteiger partial charge in [-0.25, -0.2) is 4.79 Å². The molecule has 0 bridgehead atoms. The van der Waals surface area contributed by atoms with Gasteiger partial charge in [0.25, 0.3) is 5.76 Å². The third-order valence-electron chi connectivity index (χ3n) is 7.36. The second-order valence-corrected chi connectivity index (χ2v) is 12.5. The summed E-state index contributed by atoms with van der Waals surface area (Å²) in [6, 6.07) is 15.0. The van der Waals surface area contributed by atoms with E-state index >= 15 is 0 Å². The van der Waals surface area contributed by atoms with E-state index in [1.807, 2.05) is 65.8 Å². The Hall–Kier alpha value is -4.37. The van der Waals surface area contributed by atoms with Gasteiger partial charge in [-0.05, 0) is 79.6 Å². The first kappa shape index (κ1) is 34.5. The SMILES string of the molecule is Cc1ccc(C=CC(=O)Oc2ccc3c(=O)c(Oc4ccc(C)c(C)c4)c(C(F)(F)F)oc3c2CN(CC(C)C)CC(C)C)cc1. The van der Waals surface area contributed by atoms with E-state index in [-0.39, 0.29) is 46.4 Å². The lowest BCUT2D eigenvalue weighted by atomic mass is 10.1. The van der Waals surface area contributed by atoms with Gasteiger partial charge in [0.1, 0.15) is 17.1 Å². The number of fused-ring (bicyclic) bond motifs is 1. The van der Waals surface area contributed by atoms with Crippen LogP contribution in [0.1, 0.15) is 61.3 Å². The van der Waals surface area contributed by atoms with Crippen LogP contribution >= 0.6 is 0 Å². The minimum absolute atomic E-state index is 0.00247. The first-order valence-corrected chi connectivity index (χ1v) is 15.3. The molecule has 0 atom stereocenters. The third-order valence-corrected chi connectivity index (χ3v) is 7.36. The molecule has 0 aliphatic heterocycles. The summed E-state index contributed by atoms with van der Waals surface area (Å²) in [7, 11) is 0. The highest BCUT2D eigenvalue weighted by atomic mass is 19.4. The van der Waals surface area contributed by atoms with E-state index in [1.54, 1.807) is 25.1 Å². The van der Waals surface area contributed by atoms with Gasteiger partial charge in [0, 0.05) is 25.7 Å². The summed E-state index contributed by atoms with van der Waals surface area (Å²) in [6.45, 7) is 15.0. The first-order chi connectivity index (χ1) is 21.6. The maximum Gasteiger partial charge on any atom is 0.453 e. The summed E-state index contributed by atoms with van der Waals surface area (Å²) >= 11 is 0. The minimum atomic E-state index is -5.06. The van der Waals surface area contributed by atoms with Gasteiger partial charge in [-0.3, -0.25) is 9.69 Å². The largest absolute Gasteiger partial charge is 0.453 e. The van der Waals surface area contributed by atoms with E-state index < -0.39 is 29.1 Å². The molecule has 1 aromatic heterocycles. The van der Waals surface area contributed by atoms with Crippen molar-refractivity contribution in [2.75, 3.05) is 13.1 Å². The number of rotatable bonds is 11. The zero-order valence-corrected chi connectivity index (χ0v) is 27.2. The molecular weight excluding hydrogens is 595 g/mol. The number of carbonyl (C=O) groups excluding carboxylic acids is 1. The van der Waals surface area contributed by atoms with Crippen molar-refractivity contribution in [1.29, 1.82) is 0 Å². The zero-order chi connectivity index (χ0) is 33.8. The van der Waals surface area contributed by atoms with Crippen molar-refractivity contribution in [2.45, 2.75) is 61.2 Å². The Morgan fingerprint density at radius 1 is 0.913 bits per heavy atom. The lowest BCUT2D eigenvalue weighted by Gasteiger charge is -2.27. The van der Waals surface area contributed by atoms with Gasteiger partial charge in [0.15, 0.2) is 0 Å². The van der Waals surface area contributed by atoms with Gasteiger partial charge in [0.2, 0.25) is 11.2 Å². The van der Waals surface area contributed by atoms with Crippen LogP contribution < -0.4 is 14.9 Å².